The maximum Gasteiger partial charge on any atom is 0.161 e. The summed E-state index contributed by atoms with van der Waals surface area (Å²) in [6.07, 6.45) is 3.73. The van der Waals surface area contributed by atoms with E-state index < -0.39 is 0 Å². The summed E-state index contributed by atoms with van der Waals surface area (Å²) in [6, 6.07) is 5.93. The number of methoxy groups -OCH3 is 1. The van der Waals surface area contributed by atoms with Crippen LogP contribution in [0.4, 0.5) is 0 Å². The Bertz CT molecular complexity index is 537. The average molecular weight is 261 g/mol. The van der Waals surface area contributed by atoms with Crippen LogP contribution >= 0.6 is 0 Å². The highest BCUT2D eigenvalue weighted by atomic mass is 16.5. The van der Waals surface area contributed by atoms with Crippen LogP contribution in [0.25, 0.3) is 0 Å². The minimum atomic E-state index is 0.479. The summed E-state index contributed by atoms with van der Waals surface area (Å²) in [5.74, 6) is 1.49. The van der Waals surface area contributed by atoms with Crippen LogP contribution in [0, 0.1) is 0 Å². The van der Waals surface area contributed by atoms with E-state index in [0.717, 1.165) is 29.2 Å². The maximum atomic E-state index is 5.81. The van der Waals surface area contributed by atoms with E-state index in [2.05, 4.69) is 10.4 Å². The molecule has 0 saturated carbocycles. The zero-order chi connectivity index (χ0) is 13.7. The second-order valence-electron chi connectivity index (χ2n) is 4.33. The molecule has 0 radical (unpaired) electrons. The molecule has 102 valence electrons. The fraction of sp³-hybridized carbons (Fsp3) is 0.357. The van der Waals surface area contributed by atoms with Crippen molar-refractivity contribution in [2.45, 2.75) is 13.2 Å². The Kier molecular flexibility index (Phi) is 4.41. The van der Waals surface area contributed by atoms with Crippen LogP contribution in [0.1, 0.15) is 11.1 Å². The van der Waals surface area contributed by atoms with Gasteiger partial charge in [0.2, 0.25) is 0 Å². The Morgan fingerprint density at radius 1 is 1.26 bits per heavy atom. The van der Waals surface area contributed by atoms with Gasteiger partial charge < -0.3 is 14.8 Å². The number of benzene rings is 1. The van der Waals surface area contributed by atoms with Gasteiger partial charge in [-0.1, -0.05) is 6.07 Å². The molecule has 0 amide bonds. The second kappa shape index (κ2) is 6.24. The first-order valence-electron chi connectivity index (χ1n) is 6.14. The summed E-state index contributed by atoms with van der Waals surface area (Å²) in [6.45, 7) is 1.28. The summed E-state index contributed by atoms with van der Waals surface area (Å²) in [5.41, 5.74) is 2.19. The Morgan fingerprint density at radius 2 is 2.11 bits per heavy atom. The Morgan fingerprint density at radius 3 is 2.74 bits per heavy atom. The first kappa shape index (κ1) is 13.4. The molecule has 0 aliphatic carbocycles. The van der Waals surface area contributed by atoms with Crippen molar-refractivity contribution in [2.75, 3.05) is 14.2 Å². The molecule has 0 unspecified atom stereocenters. The molecule has 1 heterocycles. The van der Waals surface area contributed by atoms with Crippen molar-refractivity contribution in [1.82, 2.24) is 15.1 Å². The van der Waals surface area contributed by atoms with Crippen LogP contribution in [0.5, 0.6) is 11.5 Å². The van der Waals surface area contributed by atoms with Crippen molar-refractivity contribution in [3.05, 3.63) is 41.7 Å². The molecule has 1 aromatic carbocycles. The number of hydrogen-bond donors (Lipinski definition) is 1. The summed E-state index contributed by atoms with van der Waals surface area (Å²) < 4.78 is 12.9. The van der Waals surface area contributed by atoms with Gasteiger partial charge in [0.25, 0.3) is 0 Å². The normalized spacial score (nSPS) is 10.5. The topological polar surface area (TPSA) is 48.3 Å². The zero-order valence-corrected chi connectivity index (χ0v) is 11.5. The maximum absolute atomic E-state index is 5.81. The summed E-state index contributed by atoms with van der Waals surface area (Å²) in [5, 5.41) is 7.23. The van der Waals surface area contributed by atoms with Gasteiger partial charge in [0.15, 0.2) is 11.5 Å². The highest BCUT2D eigenvalue weighted by Gasteiger charge is 2.06. The first-order chi connectivity index (χ1) is 9.22. The van der Waals surface area contributed by atoms with Crippen molar-refractivity contribution >= 4 is 0 Å². The molecule has 2 rings (SSSR count). The van der Waals surface area contributed by atoms with Gasteiger partial charge in [-0.05, 0) is 24.7 Å². The number of ether oxygens (including phenoxy) is 2. The van der Waals surface area contributed by atoms with E-state index in [1.165, 1.54) is 0 Å². The van der Waals surface area contributed by atoms with Gasteiger partial charge in [0.05, 0.1) is 13.3 Å². The van der Waals surface area contributed by atoms with Crippen LogP contribution in [0.3, 0.4) is 0 Å². The largest absolute Gasteiger partial charge is 0.493 e. The monoisotopic (exact) mass is 261 g/mol. The minimum absolute atomic E-state index is 0.479. The zero-order valence-electron chi connectivity index (χ0n) is 11.5. The van der Waals surface area contributed by atoms with E-state index in [1.807, 2.05) is 38.5 Å². The molecular formula is C14H19N3O2. The Labute approximate surface area is 113 Å². The average Bonchev–Trinajstić information content (AvgIpc) is 2.83. The molecule has 0 fully saturated rings. The van der Waals surface area contributed by atoms with E-state index in [0.29, 0.717) is 6.61 Å². The Hall–Kier alpha value is -2.01. The highest BCUT2D eigenvalue weighted by Crippen LogP contribution is 2.28. The van der Waals surface area contributed by atoms with Crippen LogP contribution in [-0.2, 0) is 20.2 Å². The quantitative estimate of drug-likeness (QED) is 0.860. The number of aryl methyl sites for hydroxylation is 1. The molecule has 0 saturated heterocycles. The van der Waals surface area contributed by atoms with Gasteiger partial charge in [-0.3, -0.25) is 4.68 Å². The molecule has 0 spiro atoms. The predicted octanol–water partition coefficient (Wildman–Crippen LogP) is 1.73. The molecule has 5 heteroatoms. The van der Waals surface area contributed by atoms with Crippen molar-refractivity contribution < 1.29 is 9.47 Å². The highest BCUT2D eigenvalue weighted by molar-refractivity contribution is 5.43. The van der Waals surface area contributed by atoms with Gasteiger partial charge in [0.1, 0.15) is 6.61 Å². The molecule has 0 aliphatic rings. The number of rotatable bonds is 6. The van der Waals surface area contributed by atoms with E-state index in [9.17, 15) is 0 Å². The number of nitrogens with one attached hydrogen (secondary N) is 1. The van der Waals surface area contributed by atoms with E-state index in [4.69, 9.17) is 9.47 Å². The first-order valence-corrected chi connectivity index (χ1v) is 6.14. The van der Waals surface area contributed by atoms with Gasteiger partial charge in [-0.15, -0.1) is 0 Å². The van der Waals surface area contributed by atoms with E-state index in [1.54, 1.807) is 18.0 Å². The van der Waals surface area contributed by atoms with Crippen LogP contribution in [-0.4, -0.2) is 23.9 Å². The molecule has 0 aliphatic heterocycles. The minimum Gasteiger partial charge on any atom is -0.493 e. The summed E-state index contributed by atoms with van der Waals surface area (Å²) >= 11 is 0. The predicted molar refractivity (Wildman–Crippen MR) is 73.3 cm³/mol. The third-order valence-corrected chi connectivity index (χ3v) is 2.76. The van der Waals surface area contributed by atoms with Gasteiger partial charge >= 0.3 is 0 Å². The Balaban J connectivity index is 2.10. The van der Waals surface area contributed by atoms with E-state index in [-0.39, 0.29) is 0 Å². The number of nitrogens with zero attached hydrogens (tertiary/aromatic N) is 2. The molecule has 0 atom stereocenters. The summed E-state index contributed by atoms with van der Waals surface area (Å²) in [7, 11) is 5.45. The molecule has 19 heavy (non-hydrogen) atoms. The molecular weight excluding hydrogens is 242 g/mol. The third kappa shape index (κ3) is 3.48. The van der Waals surface area contributed by atoms with Gasteiger partial charge in [0, 0.05) is 25.4 Å². The van der Waals surface area contributed by atoms with Crippen molar-refractivity contribution in [3.63, 3.8) is 0 Å². The lowest BCUT2D eigenvalue weighted by atomic mass is 10.2. The molecule has 5 nitrogen and oxygen atoms in total. The fourth-order valence-corrected chi connectivity index (χ4v) is 1.86. The molecule has 1 N–H and O–H groups in total. The molecule has 0 bridgehead atoms. The van der Waals surface area contributed by atoms with Gasteiger partial charge in [-0.25, -0.2) is 0 Å². The van der Waals surface area contributed by atoms with Crippen molar-refractivity contribution in [2.24, 2.45) is 7.05 Å². The van der Waals surface area contributed by atoms with Crippen LogP contribution in [0.2, 0.25) is 0 Å². The standard InChI is InChI=1S/C14H19N3O2/c1-15-7-11-4-5-13(18-3)14(6-11)19-10-12-8-16-17(2)9-12/h4-6,8-9,15H,7,10H2,1-3H3. The smallest absolute Gasteiger partial charge is 0.161 e. The van der Waals surface area contributed by atoms with Crippen molar-refractivity contribution in [3.8, 4) is 11.5 Å². The second-order valence-corrected chi connectivity index (χ2v) is 4.33. The fourth-order valence-electron chi connectivity index (χ4n) is 1.86. The number of hydrogen-bond acceptors (Lipinski definition) is 4. The lowest BCUT2D eigenvalue weighted by Gasteiger charge is -2.11. The van der Waals surface area contributed by atoms with E-state index >= 15 is 0 Å². The third-order valence-electron chi connectivity index (χ3n) is 2.76. The van der Waals surface area contributed by atoms with Crippen molar-refractivity contribution in [1.29, 1.82) is 0 Å². The molecule has 1 aromatic heterocycles. The number of aromatic nitrogens is 2. The molecule has 2 aromatic rings. The lowest BCUT2D eigenvalue weighted by molar-refractivity contribution is 0.284. The van der Waals surface area contributed by atoms with Crippen LogP contribution < -0.4 is 14.8 Å². The van der Waals surface area contributed by atoms with Crippen LogP contribution in [0.15, 0.2) is 30.6 Å². The SMILES string of the molecule is CNCc1ccc(OC)c(OCc2cnn(C)c2)c1. The van der Waals surface area contributed by atoms with Gasteiger partial charge in [-0.2, -0.15) is 5.10 Å². The lowest BCUT2D eigenvalue weighted by Crippen LogP contribution is -2.05. The summed E-state index contributed by atoms with van der Waals surface area (Å²) in [4.78, 5) is 0.